The first kappa shape index (κ1) is 21.5. The number of hydrogen-bond acceptors (Lipinski definition) is 4. The van der Waals surface area contributed by atoms with Crippen molar-refractivity contribution in [2.24, 2.45) is 0 Å². The molecule has 0 aliphatic carbocycles. The molecule has 0 spiro atoms. The molecule has 0 saturated carbocycles. The van der Waals surface area contributed by atoms with Crippen LogP contribution >= 0.6 is 11.6 Å². The van der Waals surface area contributed by atoms with Crippen molar-refractivity contribution in [3.8, 4) is 11.5 Å². The molecular formula is C25H22ClN3O3. The molecule has 32 heavy (non-hydrogen) atoms. The summed E-state index contributed by atoms with van der Waals surface area (Å²) >= 11 is 5.92. The number of methoxy groups -OCH3 is 1. The van der Waals surface area contributed by atoms with E-state index in [0.717, 1.165) is 22.6 Å². The minimum absolute atomic E-state index is 0.196. The lowest BCUT2D eigenvalue weighted by Crippen LogP contribution is -2.11. The monoisotopic (exact) mass is 447 g/mol. The quantitative estimate of drug-likeness (QED) is 0.391. The number of amides is 1. The normalized spacial score (nSPS) is 10.6. The Morgan fingerprint density at radius 1 is 0.938 bits per heavy atom. The molecule has 1 heterocycles. The van der Waals surface area contributed by atoms with Gasteiger partial charge in [-0.3, -0.25) is 9.48 Å². The number of rotatable bonds is 8. The molecule has 3 aromatic carbocycles. The molecule has 0 radical (unpaired) electrons. The number of halogens is 1. The molecule has 4 aromatic rings. The minimum atomic E-state index is -0.196. The van der Waals surface area contributed by atoms with Crippen LogP contribution in [0.2, 0.25) is 5.02 Å². The highest BCUT2D eigenvalue weighted by atomic mass is 35.5. The van der Waals surface area contributed by atoms with Gasteiger partial charge in [0, 0.05) is 16.8 Å². The van der Waals surface area contributed by atoms with E-state index in [2.05, 4.69) is 10.4 Å². The molecule has 4 rings (SSSR count). The summed E-state index contributed by atoms with van der Waals surface area (Å²) in [5.41, 5.74) is 3.23. The summed E-state index contributed by atoms with van der Waals surface area (Å²) < 4.78 is 12.7. The van der Waals surface area contributed by atoms with Crippen molar-refractivity contribution in [3.05, 3.63) is 107 Å². The van der Waals surface area contributed by atoms with Gasteiger partial charge in [0.05, 0.1) is 25.5 Å². The Morgan fingerprint density at radius 2 is 1.59 bits per heavy atom. The molecule has 7 heteroatoms. The van der Waals surface area contributed by atoms with Crippen LogP contribution in [0.1, 0.15) is 21.5 Å². The Morgan fingerprint density at radius 3 is 2.28 bits per heavy atom. The lowest BCUT2D eigenvalue weighted by atomic mass is 10.1. The molecule has 0 fully saturated rings. The van der Waals surface area contributed by atoms with Crippen LogP contribution < -0.4 is 14.8 Å². The molecule has 0 saturated heterocycles. The molecule has 0 bridgehead atoms. The van der Waals surface area contributed by atoms with Crippen molar-refractivity contribution in [2.75, 3.05) is 12.4 Å². The summed E-state index contributed by atoms with van der Waals surface area (Å²) in [6, 6.07) is 22.3. The zero-order valence-corrected chi connectivity index (χ0v) is 18.3. The third kappa shape index (κ3) is 5.68. The number of carbonyl (C=O) groups is 1. The molecule has 0 atom stereocenters. The second-order valence-electron chi connectivity index (χ2n) is 7.17. The topological polar surface area (TPSA) is 65.4 Å². The zero-order valence-electron chi connectivity index (χ0n) is 17.5. The van der Waals surface area contributed by atoms with Crippen molar-refractivity contribution in [1.29, 1.82) is 0 Å². The zero-order chi connectivity index (χ0) is 22.3. The highest BCUT2D eigenvalue weighted by Gasteiger charge is 2.08. The Balaban J connectivity index is 1.30. The first-order valence-electron chi connectivity index (χ1n) is 10.0. The fraction of sp³-hybridized carbons (Fsp3) is 0.120. The Bertz CT molecular complexity index is 1170. The van der Waals surface area contributed by atoms with E-state index < -0.39 is 0 Å². The predicted molar refractivity (Wildman–Crippen MR) is 125 cm³/mol. The van der Waals surface area contributed by atoms with E-state index >= 15 is 0 Å². The van der Waals surface area contributed by atoms with Crippen LogP contribution in [0.25, 0.3) is 0 Å². The van der Waals surface area contributed by atoms with Crippen LogP contribution in [0.15, 0.2) is 85.2 Å². The molecule has 162 valence electrons. The summed E-state index contributed by atoms with van der Waals surface area (Å²) in [4.78, 5) is 12.6. The molecule has 0 aliphatic rings. The highest BCUT2D eigenvalue weighted by Crippen LogP contribution is 2.19. The first-order valence-corrected chi connectivity index (χ1v) is 10.4. The molecule has 0 unspecified atom stereocenters. The Hall–Kier alpha value is -3.77. The third-order valence-corrected chi connectivity index (χ3v) is 5.08. The van der Waals surface area contributed by atoms with Gasteiger partial charge >= 0.3 is 0 Å². The van der Waals surface area contributed by atoms with Crippen LogP contribution in [0.3, 0.4) is 0 Å². The van der Waals surface area contributed by atoms with Crippen molar-refractivity contribution >= 4 is 23.2 Å². The summed E-state index contributed by atoms with van der Waals surface area (Å²) in [5, 5.41) is 7.87. The maximum Gasteiger partial charge on any atom is 0.255 e. The van der Waals surface area contributed by atoms with Gasteiger partial charge in [-0.05, 0) is 59.7 Å². The van der Waals surface area contributed by atoms with Gasteiger partial charge in [0.25, 0.3) is 5.91 Å². The van der Waals surface area contributed by atoms with E-state index in [1.807, 2.05) is 60.7 Å². The highest BCUT2D eigenvalue weighted by molar-refractivity contribution is 6.30. The third-order valence-electron chi connectivity index (χ3n) is 4.83. The van der Waals surface area contributed by atoms with E-state index in [1.54, 1.807) is 36.3 Å². The van der Waals surface area contributed by atoms with E-state index in [0.29, 0.717) is 29.4 Å². The van der Waals surface area contributed by atoms with Crippen LogP contribution in [0.5, 0.6) is 11.5 Å². The largest absolute Gasteiger partial charge is 0.497 e. The van der Waals surface area contributed by atoms with Gasteiger partial charge in [-0.2, -0.15) is 5.10 Å². The van der Waals surface area contributed by atoms with Crippen LogP contribution in [-0.2, 0) is 13.2 Å². The number of anilines is 1. The Labute approximate surface area is 191 Å². The van der Waals surface area contributed by atoms with E-state index in [4.69, 9.17) is 21.1 Å². The number of nitrogens with zero attached hydrogens (tertiary/aromatic N) is 2. The predicted octanol–water partition coefficient (Wildman–Crippen LogP) is 5.42. The number of carbonyl (C=O) groups excluding carboxylic acids is 1. The number of aromatic nitrogens is 2. The number of hydrogen-bond donors (Lipinski definition) is 1. The van der Waals surface area contributed by atoms with Crippen LogP contribution in [-0.4, -0.2) is 22.8 Å². The van der Waals surface area contributed by atoms with Crippen molar-refractivity contribution in [3.63, 3.8) is 0 Å². The molecule has 1 aromatic heterocycles. The summed E-state index contributed by atoms with van der Waals surface area (Å²) in [5.74, 6) is 1.34. The maximum atomic E-state index is 12.6. The van der Waals surface area contributed by atoms with Crippen LogP contribution in [0, 0.1) is 0 Å². The SMILES string of the molecule is COc1ccc(OCc2ccc(C(=O)Nc3cnn(Cc4ccc(Cl)cc4)c3)cc2)cc1. The molecule has 6 nitrogen and oxygen atoms in total. The summed E-state index contributed by atoms with van der Waals surface area (Å²) in [6.45, 7) is 1.00. The second kappa shape index (κ2) is 10.0. The number of ether oxygens (including phenoxy) is 2. The van der Waals surface area contributed by atoms with E-state index in [1.165, 1.54) is 0 Å². The minimum Gasteiger partial charge on any atom is -0.497 e. The fourth-order valence-corrected chi connectivity index (χ4v) is 3.21. The van der Waals surface area contributed by atoms with Crippen molar-refractivity contribution in [2.45, 2.75) is 13.2 Å². The fourth-order valence-electron chi connectivity index (χ4n) is 3.09. The first-order chi connectivity index (χ1) is 15.6. The average Bonchev–Trinajstić information content (AvgIpc) is 3.26. The van der Waals surface area contributed by atoms with Crippen LogP contribution in [0.4, 0.5) is 5.69 Å². The number of nitrogens with one attached hydrogen (secondary N) is 1. The number of benzene rings is 3. The van der Waals surface area contributed by atoms with Gasteiger partial charge < -0.3 is 14.8 Å². The molecule has 0 aliphatic heterocycles. The second-order valence-corrected chi connectivity index (χ2v) is 7.60. The Kier molecular flexibility index (Phi) is 6.72. The molecule has 1 N–H and O–H groups in total. The standard InChI is InChI=1S/C25H22ClN3O3/c1-31-23-10-12-24(13-11-23)32-17-19-2-6-20(7-3-19)25(30)28-22-14-27-29(16-22)15-18-4-8-21(26)9-5-18/h2-14,16H,15,17H2,1H3,(H,28,30). The van der Waals surface area contributed by atoms with Gasteiger partial charge in [-0.25, -0.2) is 0 Å². The van der Waals surface area contributed by atoms with Gasteiger partial charge in [-0.15, -0.1) is 0 Å². The smallest absolute Gasteiger partial charge is 0.255 e. The lowest BCUT2D eigenvalue weighted by Gasteiger charge is -2.08. The summed E-state index contributed by atoms with van der Waals surface area (Å²) in [6.07, 6.45) is 3.43. The molecular weight excluding hydrogens is 426 g/mol. The average molecular weight is 448 g/mol. The van der Waals surface area contributed by atoms with E-state index in [-0.39, 0.29) is 5.91 Å². The maximum absolute atomic E-state index is 12.6. The van der Waals surface area contributed by atoms with Crippen molar-refractivity contribution < 1.29 is 14.3 Å². The van der Waals surface area contributed by atoms with Gasteiger partial charge in [-0.1, -0.05) is 35.9 Å². The van der Waals surface area contributed by atoms with Gasteiger partial charge in [0.1, 0.15) is 18.1 Å². The lowest BCUT2D eigenvalue weighted by molar-refractivity contribution is 0.102. The van der Waals surface area contributed by atoms with E-state index in [9.17, 15) is 4.79 Å². The summed E-state index contributed by atoms with van der Waals surface area (Å²) in [7, 11) is 1.63. The van der Waals surface area contributed by atoms with Gasteiger partial charge in [0.15, 0.2) is 0 Å². The van der Waals surface area contributed by atoms with Crippen molar-refractivity contribution in [1.82, 2.24) is 9.78 Å². The van der Waals surface area contributed by atoms with Gasteiger partial charge in [0.2, 0.25) is 0 Å². The molecule has 1 amide bonds.